The summed E-state index contributed by atoms with van der Waals surface area (Å²) in [6, 6.07) is 12.1. The van der Waals surface area contributed by atoms with E-state index in [1.807, 2.05) is 0 Å². The summed E-state index contributed by atoms with van der Waals surface area (Å²) in [7, 11) is 0. The van der Waals surface area contributed by atoms with Crippen LogP contribution in [0, 0.1) is 5.82 Å². The van der Waals surface area contributed by atoms with E-state index in [1.54, 1.807) is 18.2 Å². The average molecular weight is 343 g/mol. The molecule has 0 radical (unpaired) electrons. The van der Waals surface area contributed by atoms with E-state index < -0.39 is 24.7 Å². The van der Waals surface area contributed by atoms with Crippen molar-refractivity contribution in [1.82, 2.24) is 5.32 Å². The molecule has 2 aromatic carbocycles. The van der Waals surface area contributed by atoms with Crippen molar-refractivity contribution in [1.29, 1.82) is 0 Å². The molecule has 0 aromatic heterocycles. The average Bonchev–Trinajstić information content (AvgIpc) is 2.53. The Morgan fingerprint density at radius 3 is 2.54 bits per heavy atom. The van der Waals surface area contributed by atoms with Gasteiger partial charge in [-0.2, -0.15) is 13.2 Å². The first-order chi connectivity index (χ1) is 11.3. The predicted molar refractivity (Wildman–Crippen MR) is 81.1 cm³/mol. The smallest absolute Gasteiger partial charge is 0.422 e. The molecule has 0 saturated heterocycles. The molecule has 0 spiro atoms. The summed E-state index contributed by atoms with van der Waals surface area (Å²) in [5, 5.41) is 12.9. The molecule has 130 valence electrons. The molecule has 0 bridgehead atoms. The van der Waals surface area contributed by atoms with E-state index in [0.29, 0.717) is 12.1 Å². The minimum absolute atomic E-state index is 0.106. The number of nitrogens with one attached hydrogen (secondary N) is 1. The van der Waals surface area contributed by atoms with Crippen LogP contribution in [0.15, 0.2) is 48.5 Å². The van der Waals surface area contributed by atoms with Crippen LogP contribution < -0.4 is 10.1 Å². The summed E-state index contributed by atoms with van der Waals surface area (Å²) >= 11 is 0. The Morgan fingerprint density at radius 2 is 1.83 bits per heavy atom. The van der Waals surface area contributed by atoms with Gasteiger partial charge in [0.15, 0.2) is 6.61 Å². The number of hydrogen-bond donors (Lipinski definition) is 2. The number of ether oxygens (including phenoxy) is 1. The van der Waals surface area contributed by atoms with Crippen LogP contribution in [0.4, 0.5) is 17.6 Å². The molecular formula is C17H17F4NO2. The highest BCUT2D eigenvalue weighted by Gasteiger charge is 2.28. The van der Waals surface area contributed by atoms with Gasteiger partial charge in [0.2, 0.25) is 0 Å². The van der Waals surface area contributed by atoms with E-state index in [0.717, 1.165) is 0 Å². The molecule has 2 N–H and O–H groups in total. The van der Waals surface area contributed by atoms with Gasteiger partial charge in [0.25, 0.3) is 0 Å². The van der Waals surface area contributed by atoms with Crippen LogP contribution in [0.1, 0.15) is 17.2 Å². The number of aliphatic hydroxyl groups is 1. The molecule has 7 heteroatoms. The fourth-order valence-corrected chi connectivity index (χ4v) is 2.12. The summed E-state index contributed by atoms with van der Waals surface area (Å²) in [6.07, 6.45) is -5.41. The lowest BCUT2D eigenvalue weighted by molar-refractivity contribution is -0.153. The van der Waals surface area contributed by atoms with Crippen LogP contribution in [-0.2, 0) is 6.54 Å². The van der Waals surface area contributed by atoms with Crippen molar-refractivity contribution >= 4 is 0 Å². The normalized spacial score (nSPS) is 12.9. The fraction of sp³-hybridized carbons (Fsp3) is 0.294. The second-order valence-corrected chi connectivity index (χ2v) is 5.22. The Balaban J connectivity index is 1.85. The van der Waals surface area contributed by atoms with Crippen LogP contribution in [0.25, 0.3) is 0 Å². The maximum Gasteiger partial charge on any atom is 0.422 e. The molecule has 1 unspecified atom stereocenters. The van der Waals surface area contributed by atoms with Gasteiger partial charge in [-0.3, -0.25) is 0 Å². The van der Waals surface area contributed by atoms with Gasteiger partial charge in [0, 0.05) is 18.7 Å². The molecule has 0 heterocycles. The van der Waals surface area contributed by atoms with E-state index in [-0.39, 0.29) is 17.9 Å². The molecule has 0 saturated carbocycles. The molecule has 0 aliphatic carbocycles. The second-order valence-electron chi connectivity index (χ2n) is 5.22. The zero-order chi connectivity index (χ0) is 17.6. The van der Waals surface area contributed by atoms with Gasteiger partial charge < -0.3 is 15.2 Å². The lowest BCUT2D eigenvalue weighted by Crippen LogP contribution is -2.22. The largest absolute Gasteiger partial charge is 0.484 e. The Labute approximate surface area is 136 Å². The van der Waals surface area contributed by atoms with Gasteiger partial charge in [-0.25, -0.2) is 4.39 Å². The van der Waals surface area contributed by atoms with Crippen molar-refractivity contribution in [2.24, 2.45) is 0 Å². The van der Waals surface area contributed by atoms with E-state index in [2.05, 4.69) is 10.1 Å². The maximum atomic E-state index is 13.5. The molecule has 2 rings (SSSR count). The zero-order valence-corrected chi connectivity index (χ0v) is 12.7. The molecule has 3 nitrogen and oxygen atoms in total. The minimum Gasteiger partial charge on any atom is -0.484 e. The maximum absolute atomic E-state index is 13.5. The summed E-state index contributed by atoms with van der Waals surface area (Å²) in [5.41, 5.74) is 0.877. The van der Waals surface area contributed by atoms with E-state index >= 15 is 0 Å². The van der Waals surface area contributed by atoms with Crippen molar-refractivity contribution in [2.45, 2.75) is 18.8 Å². The molecule has 0 amide bonds. The minimum atomic E-state index is -4.39. The number of halogens is 4. The van der Waals surface area contributed by atoms with Gasteiger partial charge in [0.1, 0.15) is 11.6 Å². The molecule has 2 aromatic rings. The molecule has 0 fully saturated rings. The first-order valence-electron chi connectivity index (χ1n) is 7.27. The summed E-state index contributed by atoms with van der Waals surface area (Å²) in [5.74, 6) is -0.379. The highest BCUT2D eigenvalue weighted by atomic mass is 19.4. The molecule has 0 aliphatic heterocycles. The van der Waals surface area contributed by atoms with Crippen molar-refractivity contribution in [2.75, 3.05) is 13.2 Å². The number of alkyl halides is 3. The number of benzene rings is 2. The van der Waals surface area contributed by atoms with Crippen LogP contribution in [0.2, 0.25) is 0 Å². The van der Waals surface area contributed by atoms with E-state index in [4.69, 9.17) is 0 Å². The number of hydrogen-bond acceptors (Lipinski definition) is 3. The van der Waals surface area contributed by atoms with Crippen molar-refractivity contribution < 1.29 is 27.4 Å². The topological polar surface area (TPSA) is 41.5 Å². The standard InChI is InChI=1S/C17H17F4NO2/c18-15-7-2-1-6-14(15)16(23)10-22-9-12-4-3-5-13(8-12)24-11-17(19,20)21/h1-8,16,22-23H,9-11H2. The van der Waals surface area contributed by atoms with Crippen molar-refractivity contribution in [3.8, 4) is 5.75 Å². The lowest BCUT2D eigenvalue weighted by Gasteiger charge is -2.14. The Bertz CT molecular complexity index is 661. The third-order valence-electron chi connectivity index (χ3n) is 3.23. The monoisotopic (exact) mass is 343 g/mol. The highest BCUT2D eigenvalue weighted by molar-refractivity contribution is 5.28. The summed E-state index contributed by atoms with van der Waals surface area (Å²) in [4.78, 5) is 0. The van der Waals surface area contributed by atoms with Crippen molar-refractivity contribution in [3.05, 3.63) is 65.5 Å². The van der Waals surface area contributed by atoms with Gasteiger partial charge >= 0.3 is 6.18 Å². The van der Waals surface area contributed by atoms with Gasteiger partial charge in [0.05, 0.1) is 6.10 Å². The van der Waals surface area contributed by atoms with Crippen LogP contribution in [0.3, 0.4) is 0 Å². The molecule has 24 heavy (non-hydrogen) atoms. The van der Waals surface area contributed by atoms with Crippen molar-refractivity contribution in [3.63, 3.8) is 0 Å². The SMILES string of the molecule is OC(CNCc1cccc(OCC(F)(F)F)c1)c1ccccc1F. The Morgan fingerprint density at radius 1 is 1.08 bits per heavy atom. The number of rotatable bonds is 7. The fourth-order valence-electron chi connectivity index (χ4n) is 2.12. The van der Waals surface area contributed by atoms with Crippen LogP contribution in [-0.4, -0.2) is 24.4 Å². The Hall–Kier alpha value is -2.12. The second kappa shape index (κ2) is 8.12. The van der Waals surface area contributed by atoms with E-state index in [1.165, 1.54) is 30.3 Å². The first-order valence-corrected chi connectivity index (χ1v) is 7.27. The quantitative estimate of drug-likeness (QED) is 0.755. The van der Waals surface area contributed by atoms with E-state index in [9.17, 15) is 22.7 Å². The summed E-state index contributed by atoms with van der Waals surface area (Å²) in [6.45, 7) is -0.945. The summed E-state index contributed by atoms with van der Waals surface area (Å²) < 4.78 is 54.6. The molecular weight excluding hydrogens is 326 g/mol. The third-order valence-corrected chi connectivity index (χ3v) is 3.23. The zero-order valence-electron chi connectivity index (χ0n) is 12.7. The third kappa shape index (κ3) is 5.82. The number of aliphatic hydroxyl groups excluding tert-OH is 1. The highest BCUT2D eigenvalue weighted by Crippen LogP contribution is 2.20. The van der Waals surface area contributed by atoms with Crippen LogP contribution in [0.5, 0.6) is 5.75 Å². The lowest BCUT2D eigenvalue weighted by atomic mass is 10.1. The van der Waals surface area contributed by atoms with Crippen LogP contribution >= 0.6 is 0 Å². The Kier molecular flexibility index (Phi) is 6.16. The van der Waals surface area contributed by atoms with Gasteiger partial charge in [-0.05, 0) is 23.8 Å². The molecule has 0 aliphatic rings. The first kappa shape index (κ1) is 18.2. The van der Waals surface area contributed by atoms with Gasteiger partial charge in [-0.15, -0.1) is 0 Å². The molecule has 1 atom stereocenters. The van der Waals surface area contributed by atoms with Gasteiger partial charge in [-0.1, -0.05) is 30.3 Å². The predicted octanol–water partition coefficient (Wildman–Crippen LogP) is 3.59.